The Morgan fingerprint density at radius 3 is 2.61 bits per heavy atom. The second-order valence-electron chi connectivity index (χ2n) is 9.21. The third-order valence-corrected chi connectivity index (χ3v) is 5.33. The average Bonchev–Trinajstić information content (AvgIpc) is 2.75. The molecule has 0 heterocycles. The van der Waals surface area contributed by atoms with Crippen LogP contribution in [0.4, 0.5) is 14.9 Å². The topological polar surface area (TPSA) is 96.9 Å². The molecule has 7 nitrogen and oxygen atoms in total. The standard InChI is InChI=1S/C25H31FN2O5/c1-25(2,3)33-24(31)28-13-17-9-10-18-12-20(32-15-16-7-5-4-6-8-16)23(27-14-21(29)30)22(26)19(18)11-17/h4-8,12,17,27H,9-11,13-15H2,1-3H3,(H,28,31)(H,29,30). The monoisotopic (exact) mass is 458 g/mol. The molecule has 178 valence electrons. The van der Waals surface area contributed by atoms with Crippen molar-refractivity contribution < 1.29 is 28.6 Å². The minimum absolute atomic E-state index is 0.0444. The summed E-state index contributed by atoms with van der Waals surface area (Å²) in [4.78, 5) is 23.0. The lowest BCUT2D eigenvalue weighted by atomic mass is 9.83. The van der Waals surface area contributed by atoms with E-state index in [1.54, 1.807) is 26.8 Å². The number of carbonyl (C=O) groups excluding carboxylic acids is 1. The number of fused-ring (bicyclic) bond motifs is 1. The van der Waals surface area contributed by atoms with Crippen molar-refractivity contribution in [1.82, 2.24) is 5.32 Å². The van der Waals surface area contributed by atoms with Crippen molar-refractivity contribution in [3.63, 3.8) is 0 Å². The molecule has 1 unspecified atom stereocenters. The van der Waals surface area contributed by atoms with Crippen molar-refractivity contribution in [2.75, 3.05) is 18.4 Å². The van der Waals surface area contributed by atoms with E-state index in [2.05, 4.69) is 10.6 Å². The van der Waals surface area contributed by atoms with Gasteiger partial charge in [-0.15, -0.1) is 0 Å². The van der Waals surface area contributed by atoms with E-state index in [0.717, 1.165) is 17.5 Å². The van der Waals surface area contributed by atoms with Crippen molar-refractivity contribution >= 4 is 17.7 Å². The molecule has 1 atom stereocenters. The predicted octanol–water partition coefficient (Wildman–Crippen LogP) is 4.53. The van der Waals surface area contributed by atoms with Crippen molar-refractivity contribution in [2.45, 2.75) is 52.2 Å². The third-order valence-electron chi connectivity index (χ3n) is 5.33. The molecule has 2 aromatic rings. The Bertz CT molecular complexity index is 989. The highest BCUT2D eigenvalue weighted by Crippen LogP contribution is 2.38. The quantitative estimate of drug-likeness (QED) is 0.538. The summed E-state index contributed by atoms with van der Waals surface area (Å²) in [5, 5.41) is 14.5. The van der Waals surface area contributed by atoms with E-state index < -0.39 is 30.0 Å². The molecular formula is C25H31FN2O5. The number of carbonyl (C=O) groups is 2. The zero-order valence-corrected chi connectivity index (χ0v) is 19.2. The third kappa shape index (κ3) is 7.10. The molecular weight excluding hydrogens is 427 g/mol. The first-order valence-electron chi connectivity index (χ1n) is 11.1. The first kappa shape index (κ1) is 24.4. The molecule has 0 spiro atoms. The van der Waals surface area contributed by atoms with Gasteiger partial charge in [-0.05, 0) is 68.7 Å². The molecule has 0 aliphatic heterocycles. The Morgan fingerprint density at radius 1 is 1.21 bits per heavy atom. The number of aliphatic carboxylic acids is 1. The molecule has 1 aliphatic carbocycles. The smallest absolute Gasteiger partial charge is 0.407 e. The van der Waals surface area contributed by atoms with Crippen LogP contribution in [-0.4, -0.2) is 35.9 Å². The summed E-state index contributed by atoms with van der Waals surface area (Å²) in [5.74, 6) is -1.26. The average molecular weight is 459 g/mol. The summed E-state index contributed by atoms with van der Waals surface area (Å²) < 4.78 is 26.7. The SMILES string of the molecule is CC(C)(C)OC(=O)NCC1CCc2cc(OCc3ccccc3)c(NCC(=O)O)c(F)c2C1. The van der Waals surface area contributed by atoms with Gasteiger partial charge in [0.1, 0.15) is 30.2 Å². The van der Waals surface area contributed by atoms with E-state index in [4.69, 9.17) is 14.6 Å². The predicted molar refractivity (Wildman–Crippen MR) is 123 cm³/mol. The summed E-state index contributed by atoms with van der Waals surface area (Å²) in [6.07, 6.45) is 1.34. The van der Waals surface area contributed by atoms with Crippen LogP contribution in [0.2, 0.25) is 0 Å². The molecule has 0 saturated carbocycles. The number of halogens is 1. The maximum Gasteiger partial charge on any atom is 0.407 e. The number of carboxylic acids is 1. The number of nitrogens with one attached hydrogen (secondary N) is 2. The summed E-state index contributed by atoms with van der Waals surface area (Å²) in [5.41, 5.74) is 1.75. The highest BCUT2D eigenvalue weighted by molar-refractivity contribution is 5.75. The summed E-state index contributed by atoms with van der Waals surface area (Å²) in [7, 11) is 0. The van der Waals surface area contributed by atoms with Gasteiger partial charge in [-0.25, -0.2) is 9.18 Å². The van der Waals surface area contributed by atoms with Gasteiger partial charge < -0.3 is 25.2 Å². The molecule has 8 heteroatoms. The first-order chi connectivity index (χ1) is 15.6. The fourth-order valence-corrected chi connectivity index (χ4v) is 3.81. The Kier molecular flexibility index (Phi) is 7.79. The highest BCUT2D eigenvalue weighted by Gasteiger charge is 2.27. The van der Waals surface area contributed by atoms with Crippen LogP contribution in [-0.2, 0) is 29.0 Å². The van der Waals surface area contributed by atoms with E-state index in [-0.39, 0.29) is 18.2 Å². The minimum Gasteiger partial charge on any atom is -0.487 e. The molecule has 1 amide bonds. The van der Waals surface area contributed by atoms with Crippen LogP contribution in [0.15, 0.2) is 36.4 Å². The second-order valence-corrected chi connectivity index (χ2v) is 9.21. The Labute approximate surface area is 193 Å². The van der Waals surface area contributed by atoms with Gasteiger partial charge in [0.05, 0.1) is 0 Å². The highest BCUT2D eigenvalue weighted by atomic mass is 19.1. The van der Waals surface area contributed by atoms with E-state index in [9.17, 15) is 9.59 Å². The minimum atomic E-state index is -1.10. The van der Waals surface area contributed by atoms with Crippen molar-refractivity contribution in [1.29, 1.82) is 0 Å². The lowest BCUT2D eigenvalue weighted by Gasteiger charge is -2.28. The number of ether oxygens (including phenoxy) is 2. The summed E-state index contributed by atoms with van der Waals surface area (Å²) in [6, 6.07) is 11.3. The van der Waals surface area contributed by atoms with Gasteiger partial charge in [-0.2, -0.15) is 0 Å². The number of alkyl carbamates (subject to hydrolysis) is 1. The molecule has 3 rings (SSSR count). The lowest BCUT2D eigenvalue weighted by Crippen LogP contribution is -2.36. The van der Waals surface area contributed by atoms with Crippen LogP contribution in [0.1, 0.15) is 43.9 Å². The van der Waals surface area contributed by atoms with E-state index in [1.807, 2.05) is 30.3 Å². The van der Waals surface area contributed by atoms with Gasteiger partial charge in [0.15, 0.2) is 5.82 Å². The van der Waals surface area contributed by atoms with Crippen LogP contribution < -0.4 is 15.4 Å². The fourth-order valence-electron chi connectivity index (χ4n) is 3.81. The number of hydrogen-bond donors (Lipinski definition) is 3. The number of hydrogen-bond acceptors (Lipinski definition) is 5. The van der Waals surface area contributed by atoms with Crippen molar-refractivity contribution in [2.24, 2.45) is 5.92 Å². The molecule has 0 fully saturated rings. The molecule has 3 N–H and O–H groups in total. The van der Waals surface area contributed by atoms with E-state index >= 15 is 4.39 Å². The number of amides is 1. The normalized spacial score (nSPS) is 15.3. The number of aryl methyl sites for hydroxylation is 1. The van der Waals surface area contributed by atoms with Crippen LogP contribution >= 0.6 is 0 Å². The Morgan fingerprint density at radius 2 is 1.94 bits per heavy atom. The molecule has 0 saturated heterocycles. The maximum atomic E-state index is 15.5. The number of anilines is 1. The molecule has 0 aromatic heterocycles. The summed E-state index contributed by atoms with van der Waals surface area (Å²) >= 11 is 0. The van der Waals surface area contributed by atoms with Gasteiger partial charge >= 0.3 is 12.1 Å². The molecule has 0 radical (unpaired) electrons. The molecule has 1 aliphatic rings. The van der Waals surface area contributed by atoms with Crippen LogP contribution in [0.5, 0.6) is 5.75 Å². The molecule has 2 aromatic carbocycles. The van der Waals surface area contributed by atoms with Crippen LogP contribution in [0, 0.1) is 11.7 Å². The zero-order valence-electron chi connectivity index (χ0n) is 19.2. The van der Waals surface area contributed by atoms with Gasteiger partial charge in [0.25, 0.3) is 0 Å². The van der Waals surface area contributed by atoms with Gasteiger partial charge in [0, 0.05) is 6.54 Å². The second kappa shape index (κ2) is 10.6. The molecule has 33 heavy (non-hydrogen) atoms. The van der Waals surface area contributed by atoms with Gasteiger partial charge in [-0.1, -0.05) is 30.3 Å². The number of carboxylic acid groups (broad SMARTS) is 1. The van der Waals surface area contributed by atoms with E-state index in [1.165, 1.54) is 0 Å². The summed E-state index contributed by atoms with van der Waals surface area (Å²) in [6.45, 7) is 5.56. The zero-order chi connectivity index (χ0) is 24.0. The molecule has 0 bridgehead atoms. The van der Waals surface area contributed by atoms with Crippen molar-refractivity contribution in [3.8, 4) is 5.75 Å². The largest absolute Gasteiger partial charge is 0.487 e. The van der Waals surface area contributed by atoms with E-state index in [0.29, 0.717) is 30.7 Å². The fraction of sp³-hybridized carbons (Fsp3) is 0.440. The number of benzene rings is 2. The lowest BCUT2D eigenvalue weighted by molar-refractivity contribution is -0.134. The Hall–Kier alpha value is -3.29. The first-order valence-corrected chi connectivity index (χ1v) is 11.1. The Balaban J connectivity index is 1.75. The van der Waals surface area contributed by atoms with Gasteiger partial charge in [0.2, 0.25) is 0 Å². The van der Waals surface area contributed by atoms with Crippen molar-refractivity contribution in [3.05, 3.63) is 58.9 Å². The van der Waals surface area contributed by atoms with Crippen LogP contribution in [0.3, 0.4) is 0 Å². The van der Waals surface area contributed by atoms with Gasteiger partial charge in [-0.3, -0.25) is 4.79 Å². The van der Waals surface area contributed by atoms with Crippen LogP contribution in [0.25, 0.3) is 0 Å². The number of rotatable bonds is 8. The maximum absolute atomic E-state index is 15.5.